The van der Waals surface area contributed by atoms with Crippen LogP contribution < -0.4 is 5.73 Å². The van der Waals surface area contributed by atoms with Crippen molar-refractivity contribution in [2.45, 2.75) is 44.6 Å². The quantitative estimate of drug-likeness (QED) is 0.901. The summed E-state index contributed by atoms with van der Waals surface area (Å²) < 4.78 is 1.31. The summed E-state index contributed by atoms with van der Waals surface area (Å²) in [4.78, 5) is 4.82. The second-order valence-corrected chi connectivity index (χ2v) is 6.82. The number of para-hydroxylation sites is 1. The maximum Gasteiger partial charge on any atom is 0.0969 e. The van der Waals surface area contributed by atoms with Gasteiger partial charge in [-0.05, 0) is 44.7 Å². The number of fused-ring (bicyclic) bond motifs is 1. The van der Waals surface area contributed by atoms with Crippen molar-refractivity contribution in [2.75, 3.05) is 0 Å². The van der Waals surface area contributed by atoms with Gasteiger partial charge >= 0.3 is 0 Å². The van der Waals surface area contributed by atoms with E-state index in [2.05, 4.69) is 32.0 Å². The minimum Gasteiger partial charge on any atom is -0.325 e. The summed E-state index contributed by atoms with van der Waals surface area (Å²) in [5.74, 6) is 0.742. The Morgan fingerprint density at radius 3 is 2.82 bits per heavy atom. The maximum absolute atomic E-state index is 6.11. The number of nitrogens with zero attached hydrogens (tertiary/aromatic N) is 1. The second kappa shape index (κ2) is 3.79. The molecule has 3 rings (SSSR count). The van der Waals surface area contributed by atoms with Gasteiger partial charge in [-0.15, -0.1) is 11.3 Å². The van der Waals surface area contributed by atoms with E-state index in [0.29, 0.717) is 0 Å². The molecule has 2 N–H and O–H groups in total. The lowest BCUT2D eigenvalue weighted by atomic mass is 9.96. The molecule has 0 atom stereocenters. The van der Waals surface area contributed by atoms with Crippen molar-refractivity contribution >= 4 is 21.6 Å². The SMILES string of the molecule is CC(C)(N)Cc1cccc2sc(C3CC3)nc12. The Labute approximate surface area is 106 Å². The first-order valence-electron chi connectivity index (χ1n) is 6.20. The Kier molecular flexibility index (Phi) is 2.49. The molecule has 0 spiro atoms. The summed E-state index contributed by atoms with van der Waals surface area (Å²) in [6.07, 6.45) is 3.52. The third-order valence-corrected chi connectivity index (χ3v) is 4.27. The van der Waals surface area contributed by atoms with Crippen LogP contribution in [0.1, 0.15) is 43.2 Å². The van der Waals surface area contributed by atoms with Crippen molar-refractivity contribution in [1.29, 1.82) is 0 Å². The van der Waals surface area contributed by atoms with Gasteiger partial charge in [-0.2, -0.15) is 0 Å². The maximum atomic E-state index is 6.11. The number of rotatable bonds is 3. The summed E-state index contributed by atoms with van der Waals surface area (Å²) in [5.41, 5.74) is 8.41. The van der Waals surface area contributed by atoms with Crippen molar-refractivity contribution in [3.05, 3.63) is 28.8 Å². The average Bonchev–Trinajstić information content (AvgIpc) is 2.97. The molecule has 1 aromatic heterocycles. The molecule has 0 unspecified atom stereocenters. The molecule has 1 fully saturated rings. The van der Waals surface area contributed by atoms with Gasteiger partial charge in [-0.3, -0.25) is 0 Å². The third-order valence-electron chi connectivity index (χ3n) is 3.09. The molecule has 90 valence electrons. The van der Waals surface area contributed by atoms with Crippen molar-refractivity contribution in [2.24, 2.45) is 5.73 Å². The standard InChI is InChI=1S/C14H18N2S/c1-14(2,15)8-10-4-3-5-11-12(10)16-13(17-11)9-6-7-9/h3-5,9H,6-8,15H2,1-2H3. The molecule has 2 aromatic rings. The zero-order valence-electron chi connectivity index (χ0n) is 10.4. The van der Waals surface area contributed by atoms with E-state index in [-0.39, 0.29) is 5.54 Å². The van der Waals surface area contributed by atoms with E-state index in [1.165, 1.54) is 33.6 Å². The van der Waals surface area contributed by atoms with Gasteiger partial charge in [0.05, 0.1) is 15.2 Å². The fourth-order valence-corrected chi connectivity index (χ4v) is 3.35. The van der Waals surface area contributed by atoms with E-state index in [1.807, 2.05) is 11.3 Å². The number of thiazole rings is 1. The number of aromatic nitrogens is 1. The summed E-state index contributed by atoms with van der Waals surface area (Å²) in [5, 5.41) is 1.32. The van der Waals surface area contributed by atoms with Gasteiger partial charge in [-0.1, -0.05) is 12.1 Å². The van der Waals surface area contributed by atoms with Crippen LogP contribution in [0.4, 0.5) is 0 Å². The number of benzene rings is 1. The van der Waals surface area contributed by atoms with Crippen molar-refractivity contribution < 1.29 is 0 Å². The smallest absolute Gasteiger partial charge is 0.0969 e. The molecular formula is C14H18N2S. The van der Waals surface area contributed by atoms with Gasteiger partial charge in [0, 0.05) is 11.5 Å². The molecule has 1 aliphatic rings. The molecule has 0 saturated heterocycles. The lowest BCUT2D eigenvalue weighted by molar-refractivity contribution is 0.518. The first-order chi connectivity index (χ1) is 8.03. The van der Waals surface area contributed by atoms with Gasteiger partial charge < -0.3 is 5.73 Å². The third kappa shape index (κ3) is 2.35. The summed E-state index contributed by atoms with van der Waals surface area (Å²) in [7, 11) is 0. The van der Waals surface area contributed by atoms with Gasteiger partial charge in [-0.25, -0.2) is 4.98 Å². The normalized spacial score (nSPS) is 16.6. The van der Waals surface area contributed by atoms with Crippen LogP contribution in [0.3, 0.4) is 0 Å². The van der Waals surface area contributed by atoms with E-state index in [1.54, 1.807) is 0 Å². The number of nitrogens with two attached hydrogens (primary N) is 1. The topological polar surface area (TPSA) is 38.9 Å². The van der Waals surface area contributed by atoms with Crippen LogP contribution in [0.25, 0.3) is 10.2 Å². The monoisotopic (exact) mass is 246 g/mol. The second-order valence-electron chi connectivity index (χ2n) is 5.76. The van der Waals surface area contributed by atoms with Crippen LogP contribution in [0.2, 0.25) is 0 Å². The summed E-state index contributed by atoms with van der Waals surface area (Å²) in [6.45, 7) is 4.14. The van der Waals surface area contributed by atoms with Crippen molar-refractivity contribution in [3.8, 4) is 0 Å². The molecule has 0 bridgehead atoms. The predicted octanol–water partition coefficient (Wildman–Crippen LogP) is 3.45. The lowest BCUT2D eigenvalue weighted by Crippen LogP contribution is -2.34. The molecule has 0 aliphatic heterocycles. The van der Waals surface area contributed by atoms with Crippen LogP contribution >= 0.6 is 11.3 Å². The first kappa shape index (κ1) is 11.2. The number of hydrogen-bond donors (Lipinski definition) is 1. The molecule has 1 saturated carbocycles. The van der Waals surface area contributed by atoms with Crippen LogP contribution in [0.5, 0.6) is 0 Å². The molecule has 1 aliphatic carbocycles. The van der Waals surface area contributed by atoms with Gasteiger partial charge in [0.25, 0.3) is 0 Å². The highest BCUT2D eigenvalue weighted by molar-refractivity contribution is 7.18. The minimum absolute atomic E-state index is 0.169. The highest BCUT2D eigenvalue weighted by Gasteiger charge is 2.27. The molecule has 3 heteroatoms. The first-order valence-corrected chi connectivity index (χ1v) is 7.02. The molecule has 1 heterocycles. The van der Waals surface area contributed by atoms with E-state index >= 15 is 0 Å². The lowest BCUT2D eigenvalue weighted by Gasteiger charge is -2.18. The van der Waals surface area contributed by atoms with Crippen LogP contribution in [-0.4, -0.2) is 10.5 Å². The molecule has 0 radical (unpaired) electrons. The Morgan fingerprint density at radius 2 is 2.18 bits per heavy atom. The van der Waals surface area contributed by atoms with Gasteiger partial charge in [0.15, 0.2) is 0 Å². The summed E-state index contributed by atoms with van der Waals surface area (Å²) >= 11 is 1.86. The largest absolute Gasteiger partial charge is 0.325 e. The number of hydrogen-bond acceptors (Lipinski definition) is 3. The average molecular weight is 246 g/mol. The predicted molar refractivity (Wildman–Crippen MR) is 73.6 cm³/mol. The van der Waals surface area contributed by atoms with E-state index in [9.17, 15) is 0 Å². The van der Waals surface area contributed by atoms with Crippen molar-refractivity contribution in [1.82, 2.24) is 4.98 Å². The Hall–Kier alpha value is -0.930. The van der Waals surface area contributed by atoms with Gasteiger partial charge in [0.1, 0.15) is 0 Å². The van der Waals surface area contributed by atoms with E-state index < -0.39 is 0 Å². The fraction of sp³-hybridized carbons (Fsp3) is 0.500. The zero-order valence-corrected chi connectivity index (χ0v) is 11.2. The highest BCUT2D eigenvalue weighted by atomic mass is 32.1. The molecule has 17 heavy (non-hydrogen) atoms. The Balaban J connectivity index is 2.05. The highest BCUT2D eigenvalue weighted by Crippen LogP contribution is 2.43. The Morgan fingerprint density at radius 1 is 1.41 bits per heavy atom. The van der Waals surface area contributed by atoms with Crippen LogP contribution in [-0.2, 0) is 6.42 Å². The van der Waals surface area contributed by atoms with Crippen LogP contribution in [0, 0.1) is 0 Å². The molecule has 1 aromatic carbocycles. The molecular weight excluding hydrogens is 228 g/mol. The fourth-order valence-electron chi connectivity index (χ4n) is 2.16. The van der Waals surface area contributed by atoms with E-state index in [0.717, 1.165) is 12.3 Å². The van der Waals surface area contributed by atoms with Gasteiger partial charge in [0.2, 0.25) is 0 Å². The van der Waals surface area contributed by atoms with Crippen molar-refractivity contribution in [3.63, 3.8) is 0 Å². The zero-order chi connectivity index (χ0) is 12.0. The summed E-state index contributed by atoms with van der Waals surface area (Å²) in [6, 6.07) is 6.46. The minimum atomic E-state index is -0.169. The van der Waals surface area contributed by atoms with E-state index in [4.69, 9.17) is 10.7 Å². The molecule has 0 amide bonds. The Bertz CT molecular complexity index is 547. The van der Waals surface area contributed by atoms with Crippen LogP contribution in [0.15, 0.2) is 18.2 Å². The molecule has 2 nitrogen and oxygen atoms in total.